The Bertz CT molecular complexity index is 904. The van der Waals surface area contributed by atoms with Crippen molar-refractivity contribution in [1.82, 2.24) is 14.8 Å². The van der Waals surface area contributed by atoms with Crippen LogP contribution in [0.2, 0.25) is 0 Å². The van der Waals surface area contributed by atoms with E-state index in [9.17, 15) is 4.79 Å². The lowest BCUT2D eigenvalue weighted by Gasteiger charge is -2.09. The maximum Gasteiger partial charge on any atom is 0.191 e. The first kappa shape index (κ1) is 18.2. The summed E-state index contributed by atoms with van der Waals surface area (Å²) in [6.07, 6.45) is 0. The smallest absolute Gasteiger partial charge is 0.191 e. The molecule has 6 heteroatoms. The van der Waals surface area contributed by atoms with E-state index in [0.717, 1.165) is 34.4 Å². The molecule has 0 amide bonds. The number of Topliss-reactive ketones (excluding diaryl/α,β-unsaturated/α-hetero) is 1. The molecule has 0 unspecified atom stereocenters. The molecule has 0 spiro atoms. The third kappa shape index (κ3) is 3.80. The average Bonchev–Trinajstić information content (AvgIpc) is 3.09. The van der Waals surface area contributed by atoms with Crippen molar-refractivity contribution in [2.45, 2.75) is 25.5 Å². The Morgan fingerprint density at radius 1 is 1.12 bits per heavy atom. The Kier molecular flexibility index (Phi) is 5.73. The molecular weight excluding hydrogens is 346 g/mol. The third-order valence-corrected chi connectivity index (χ3v) is 5.13. The number of carbonyl (C=O) groups excluding carboxylic acids is 1. The predicted molar refractivity (Wildman–Crippen MR) is 104 cm³/mol. The minimum absolute atomic E-state index is 0.0562. The largest absolute Gasteiger partial charge is 0.497 e. The van der Waals surface area contributed by atoms with Crippen molar-refractivity contribution in [1.29, 1.82) is 0 Å². The lowest BCUT2D eigenvalue weighted by Crippen LogP contribution is -2.05. The van der Waals surface area contributed by atoms with Gasteiger partial charge in [0.2, 0.25) is 0 Å². The van der Waals surface area contributed by atoms with Gasteiger partial charge >= 0.3 is 0 Å². The van der Waals surface area contributed by atoms with Gasteiger partial charge in [-0.25, -0.2) is 0 Å². The van der Waals surface area contributed by atoms with Gasteiger partial charge in [-0.2, -0.15) is 0 Å². The molecule has 0 atom stereocenters. The fraction of sp³-hybridized carbons (Fsp3) is 0.250. The summed E-state index contributed by atoms with van der Waals surface area (Å²) in [6.45, 7) is 4.86. The molecule has 5 nitrogen and oxygen atoms in total. The minimum Gasteiger partial charge on any atom is -0.497 e. The summed E-state index contributed by atoms with van der Waals surface area (Å²) in [5, 5.41) is 9.41. The van der Waals surface area contributed by atoms with Gasteiger partial charge in [-0.3, -0.25) is 4.79 Å². The number of nitrogens with zero attached hydrogens (tertiary/aromatic N) is 3. The summed E-state index contributed by atoms with van der Waals surface area (Å²) in [7, 11) is 1.61. The van der Waals surface area contributed by atoms with Gasteiger partial charge in [-0.05, 0) is 43.7 Å². The number of hydrogen-bond acceptors (Lipinski definition) is 5. The van der Waals surface area contributed by atoms with E-state index >= 15 is 0 Å². The maximum atomic E-state index is 12.4. The van der Waals surface area contributed by atoms with Gasteiger partial charge in [-0.1, -0.05) is 36.0 Å². The number of carbonyl (C=O) groups is 1. The van der Waals surface area contributed by atoms with Gasteiger partial charge < -0.3 is 9.30 Å². The molecule has 0 saturated heterocycles. The normalized spacial score (nSPS) is 10.7. The number of ether oxygens (including phenoxy) is 1. The first-order valence-corrected chi connectivity index (χ1v) is 9.41. The van der Waals surface area contributed by atoms with Gasteiger partial charge in [0.1, 0.15) is 5.75 Å². The monoisotopic (exact) mass is 367 g/mol. The molecule has 0 N–H and O–H groups in total. The van der Waals surface area contributed by atoms with Crippen LogP contribution in [0.3, 0.4) is 0 Å². The second-order valence-electron chi connectivity index (χ2n) is 5.81. The fourth-order valence-electron chi connectivity index (χ4n) is 2.69. The van der Waals surface area contributed by atoms with Crippen molar-refractivity contribution in [2.24, 2.45) is 0 Å². The van der Waals surface area contributed by atoms with Crippen molar-refractivity contribution in [3.05, 3.63) is 59.7 Å². The summed E-state index contributed by atoms with van der Waals surface area (Å²) in [5.41, 5.74) is 2.88. The van der Waals surface area contributed by atoms with Crippen LogP contribution in [-0.4, -0.2) is 33.4 Å². The highest BCUT2D eigenvalue weighted by molar-refractivity contribution is 7.99. The standard InChI is InChI=1S/C20H21N3O2S/c1-4-23-19(17-8-6-5-7-14(17)2)21-22-20(23)26-13-18(24)15-9-11-16(25-3)12-10-15/h5-12H,4,13H2,1-3H3. The van der Waals surface area contributed by atoms with E-state index in [1.54, 1.807) is 31.4 Å². The molecule has 0 bridgehead atoms. The Balaban J connectivity index is 1.76. The Morgan fingerprint density at radius 3 is 2.50 bits per heavy atom. The third-order valence-electron chi connectivity index (χ3n) is 4.16. The Morgan fingerprint density at radius 2 is 1.85 bits per heavy atom. The molecule has 1 aromatic heterocycles. The molecule has 0 radical (unpaired) electrons. The number of hydrogen-bond donors (Lipinski definition) is 0. The zero-order chi connectivity index (χ0) is 18.5. The summed E-state index contributed by atoms with van der Waals surface area (Å²) < 4.78 is 7.17. The highest BCUT2D eigenvalue weighted by Crippen LogP contribution is 2.26. The molecule has 134 valence electrons. The van der Waals surface area contributed by atoms with Crippen LogP contribution in [0.25, 0.3) is 11.4 Å². The van der Waals surface area contributed by atoms with Crippen molar-refractivity contribution >= 4 is 17.5 Å². The lowest BCUT2D eigenvalue weighted by molar-refractivity contribution is 0.102. The Hall–Kier alpha value is -2.60. The van der Waals surface area contributed by atoms with Crippen LogP contribution in [0.1, 0.15) is 22.8 Å². The molecule has 2 aromatic carbocycles. The van der Waals surface area contributed by atoms with E-state index in [0.29, 0.717) is 11.3 Å². The van der Waals surface area contributed by atoms with Gasteiger partial charge in [0.25, 0.3) is 0 Å². The molecule has 3 rings (SSSR count). The second-order valence-corrected chi connectivity index (χ2v) is 6.75. The minimum atomic E-state index is 0.0562. The number of rotatable bonds is 7. The predicted octanol–water partition coefficient (Wildman–Crippen LogP) is 4.26. The highest BCUT2D eigenvalue weighted by Gasteiger charge is 2.16. The molecule has 0 fully saturated rings. The first-order chi connectivity index (χ1) is 12.6. The first-order valence-electron chi connectivity index (χ1n) is 8.43. The topological polar surface area (TPSA) is 57.0 Å². The number of benzene rings is 2. The molecule has 0 aliphatic heterocycles. The van der Waals surface area contributed by atoms with Crippen molar-refractivity contribution in [2.75, 3.05) is 12.9 Å². The number of methoxy groups -OCH3 is 1. The summed E-state index contributed by atoms with van der Waals surface area (Å²) >= 11 is 1.41. The molecule has 26 heavy (non-hydrogen) atoms. The van der Waals surface area contributed by atoms with Crippen LogP contribution >= 0.6 is 11.8 Å². The van der Waals surface area contributed by atoms with E-state index in [1.165, 1.54) is 11.8 Å². The van der Waals surface area contributed by atoms with Crippen LogP contribution in [-0.2, 0) is 6.54 Å². The van der Waals surface area contributed by atoms with Gasteiger partial charge in [-0.15, -0.1) is 10.2 Å². The molecule has 0 aliphatic rings. The van der Waals surface area contributed by atoms with E-state index in [4.69, 9.17) is 4.74 Å². The molecule has 1 heterocycles. The second kappa shape index (κ2) is 8.19. The van der Waals surface area contributed by atoms with Crippen LogP contribution in [0.5, 0.6) is 5.75 Å². The van der Waals surface area contributed by atoms with Crippen LogP contribution in [0.15, 0.2) is 53.7 Å². The van der Waals surface area contributed by atoms with Crippen LogP contribution < -0.4 is 4.74 Å². The average molecular weight is 367 g/mol. The van der Waals surface area contributed by atoms with Gasteiger partial charge in [0.15, 0.2) is 16.8 Å². The summed E-state index contributed by atoms with van der Waals surface area (Å²) in [4.78, 5) is 12.4. The molecule has 0 saturated carbocycles. The number of thioether (sulfide) groups is 1. The van der Waals surface area contributed by atoms with Gasteiger partial charge in [0.05, 0.1) is 12.9 Å². The number of aryl methyl sites for hydroxylation is 1. The molecular formula is C20H21N3O2S. The number of aromatic nitrogens is 3. The van der Waals surface area contributed by atoms with Gasteiger partial charge in [0, 0.05) is 17.7 Å². The number of ketones is 1. The molecule has 0 aliphatic carbocycles. The van der Waals surface area contributed by atoms with E-state index in [1.807, 2.05) is 22.8 Å². The van der Waals surface area contributed by atoms with Crippen molar-refractivity contribution < 1.29 is 9.53 Å². The summed E-state index contributed by atoms with van der Waals surface area (Å²) in [6, 6.07) is 15.3. The van der Waals surface area contributed by atoms with E-state index < -0.39 is 0 Å². The summed E-state index contributed by atoms with van der Waals surface area (Å²) in [5.74, 6) is 1.95. The van der Waals surface area contributed by atoms with Crippen molar-refractivity contribution in [3.8, 4) is 17.1 Å². The quantitative estimate of drug-likeness (QED) is 0.461. The SMILES string of the molecule is CCn1c(SCC(=O)c2ccc(OC)cc2)nnc1-c1ccccc1C. The molecule has 3 aromatic rings. The van der Waals surface area contributed by atoms with Crippen molar-refractivity contribution in [3.63, 3.8) is 0 Å². The Labute approximate surface area is 157 Å². The zero-order valence-corrected chi connectivity index (χ0v) is 15.9. The van der Waals surface area contributed by atoms with Crippen LogP contribution in [0, 0.1) is 6.92 Å². The lowest BCUT2D eigenvalue weighted by atomic mass is 10.1. The zero-order valence-electron chi connectivity index (χ0n) is 15.1. The fourth-order valence-corrected chi connectivity index (χ4v) is 3.59. The van der Waals surface area contributed by atoms with E-state index in [2.05, 4.69) is 30.1 Å². The maximum absolute atomic E-state index is 12.4. The van der Waals surface area contributed by atoms with Crippen LogP contribution in [0.4, 0.5) is 0 Å². The highest BCUT2D eigenvalue weighted by atomic mass is 32.2. The van der Waals surface area contributed by atoms with E-state index in [-0.39, 0.29) is 5.78 Å².